The van der Waals surface area contributed by atoms with Crippen LogP contribution in [-0.4, -0.2) is 9.97 Å². The first-order chi connectivity index (χ1) is 8.74. The number of halogens is 1. The van der Waals surface area contributed by atoms with Crippen molar-refractivity contribution in [2.24, 2.45) is 0 Å². The predicted octanol–water partition coefficient (Wildman–Crippen LogP) is 4.24. The molecule has 3 rings (SSSR count). The van der Waals surface area contributed by atoms with E-state index in [1.54, 1.807) is 11.3 Å². The fraction of sp³-hybridized carbons (Fsp3) is 0.143. The number of rotatable bonds is 2. The third kappa shape index (κ3) is 2.11. The highest BCUT2D eigenvalue weighted by Crippen LogP contribution is 2.25. The van der Waals surface area contributed by atoms with Crippen LogP contribution in [0.5, 0.6) is 0 Å². The lowest BCUT2D eigenvalue weighted by atomic mass is 10.1. The molecule has 0 spiro atoms. The maximum atomic E-state index is 6.17. The van der Waals surface area contributed by atoms with Gasteiger partial charge >= 0.3 is 0 Å². The molecule has 1 aromatic carbocycles. The Bertz CT molecular complexity index is 706. The summed E-state index contributed by atoms with van der Waals surface area (Å²) >= 11 is 7.76. The average Bonchev–Trinajstić information content (AvgIpc) is 2.81. The fourth-order valence-corrected chi connectivity index (χ4v) is 3.01. The van der Waals surface area contributed by atoms with Gasteiger partial charge in [-0.2, -0.15) is 0 Å². The standard InChI is InChI=1S/C14H11ClN2S/c1-9-4-2-3-5-10(9)8-12-16-13(15)11-6-7-18-14(11)17-12/h2-7H,8H2,1H3. The molecule has 0 radical (unpaired) electrons. The third-order valence-electron chi connectivity index (χ3n) is 2.93. The smallest absolute Gasteiger partial charge is 0.141 e. The highest BCUT2D eigenvalue weighted by molar-refractivity contribution is 7.16. The van der Waals surface area contributed by atoms with E-state index in [1.807, 2.05) is 23.6 Å². The van der Waals surface area contributed by atoms with Gasteiger partial charge in [0, 0.05) is 11.8 Å². The van der Waals surface area contributed by atoms with Crippen LogP contribution in [-0.2, 0) is 6.42 Å². The van der Waals surface area contributed by atoms with Crippen molar-refractivity contribution in [2.45, 2.75) is 13.3 Å². The molecule has 0 saturated carbocycles. The first kappa shape index (κ1) is 11.6. The Morgan fingerprint density at radius 3 is 2.83 bits per heavy atom. The predicted molar refractivity (Wildman–Crippen MR) is 76.4 cm³/mol. The topological polar surface area (TPSA) is 25.8 Å². The zero-order chi connectivity index (χ0) is 12.5. The summed E-state index contributed by atoms with van der Waals surface area (Å²) in [6.07, 6.45) is 0.722. The lowest BCUT2D eigenvalue weighted by Crippen LogP contribution is -1.98. The van der Waals surface area contributed by atoms with Crippen molar-refractivity contribution >= 4 is 33.2 Å². The molecule has 4 heteroatoms. The van der Waals surface area contributed by atoms with Gasteiger partial charge in [0.05, 0.1) is 0 Å². The van der Waals surface area contributed by atoms with Crippen molar-refractivity contribution < 1.29 is 0 Å². The zero-order valence-electron chi connectivity index (χ0n) is 9.85. The summed E-state index contributed by atoms with van der Waals surface area (Å²) in [4.78, 5) is 9.88. The minimum atomic E-state index is 0.546. The SMILES string of the molecule is Cc1ccccc1Cc1nc(Cl)c2ccsc2n1. The molecular weight excluding hydrogens is 264 g/mol. The van der Waals surface area contributed by atoms with E-state index in [2.05, 4.69) is 29.0 Å². The molecular formula is C14H11ClN2S. The number of hydrogen-bond donors (Lipinski definition) is 0. The molecule has 2 heterocycles. The van der Waals surface area contributed by atoms with Gasteiger partial charge in [-0.05, 0) is 29.5 Å². The summed E-state index contributed by atoms with van der Waals surface area (Å²) in [7, 11) is 0. The van der Waals surface area contributed by atoms with E-state index in [-0.39, 0.29) is 0 Å². The largest absolute Gasteiger partial charge is 0.222 e. The molecule has 0 aliphatic rings. The molecule has 0 saturated heterocycles. The van der Waals surface area contributed by atoms with Crippen LogP contribution in [0, 0.1) is 6.92 Å². The van der Waals surface area contributed by atoms with E-state index >= 15 is 0 Å². The zero-order valence-corrected chi connectivity index (χ0v) is 11.4. The average molecular weight is 275 g/mol. The Hall–Kier alpha value is -1.45. The molecule has 0 aliphatic heterocycles. The third-order valence-corrected chi connectivity index (χ3v) is 4.03. The van der Waals surface area contributed by atoms with Crippen LogP contribution in [0.25, 0.3) is 10.2 Å². The number of nitrogens with zero attached hydrogens (tertiary/aromatic N) is 2. The highest BCUT2D eigenvalue weighted by Gasteiger charge is 2.08. The van der Waals surface area contributed by atoms with E-state index in [1.165, 1.54) is 11.1 Å². The molecule has 18 heavy (non-hydrogen) atoms. The van der Waals surface area contributed by atoms with Crippen molar-refractivity contribution in [3.8, 4) is 0 Å². The Morgan fingerprint density at radius 1 is 1.17 bits per heavy atom. The summed E-state index contributed by atoms with van der Waals surface area (Å²) in [5.41, 5.74) is 2.49. The second-order valence-corrected chi connectivity index (χ2v) is 5.43. The second kappa shape index (κ2) is 4.67. The summed E-state index contributed by atoms with van der Waals surface area (Å²) < 4.78 is 0. The number of fused-ring (bicyclic) bond motifs is 1. The van der Waals surface area contributed by atoms with Gasteiger partial charge in [0.2, 0.25) is 0 Å². The van der Waals surface area contributed by atoms with Crippen LogP contribution >= 0.6 is 22.9 Å². The van der Waals surface area contributed by atoms with Gasteiger partial charge in [-0.3, -0.25) is 0 Å². The summed E-state index contributed by atoms with van der Waals surface area (Å²) in [6, 6.07) is 10.2. The van der Waals surface area contributed by atoms with Crippen LogP contribution in [0.2, 0.25) is 5.15 Å². The summed E-state index contributed by atoms with van der Waals surface area (Å²) in [5.74, 6) is 0.782. The maximum absolute atomic E-state index is 6.17. The van der Waals surface area contributed by atoms with Crippen LogP contribution in [0.15, 0.2) is 35.7 Å². The van der Waals surface area contributed by atoms with E-state index in [0.29, 0.717) is 5.15 Å². The normalized spacial score (nSPS) is 11.0. The molecule has 0 aliphatic carbocycles. The van der Waals surface area contributed by atoms with Gasteiger partial charge in [0.1, 0.15) is 15.8 Å². The van der Waals surface area contributed by atoms with E-state index in [4.69, 9.17) is 11.6 Å². The number of aryl methyl sites for hydroxylation is 1. The first-order valence-corrected chi connectivity index (χ1v) is 6.94. The van der Waals surface area contributed by atoms with E-state index in [0.717, 1.165) is 22.5 Å². The van der Waals surface area contributed by atoms with Gasteiger partial charge in [0.15, 0.2) is 0 Å². The molecule has 0 N–H and O–H groups in total. The van der Waals surface area contributed by atoms with Crippen molar-refractivity contribution in [1.29, 1.82) is 0 Å². The number of thiophene rings is 1. The molecule has 0 bridgehead atoms. The molecule has 90 valence electrons. The second-order valence-electron chi connectivity index (χ2n) is 4.17. The summed E-state index contributed by atoms with van der Waals surface area (Å²) in [5, 5.41) is 3.48. The molecule has 2 nitrogen and oxygen atoms in total. The molecule has 0 fully saturated rings. The van der Waals surface area contributed by atoms with E-state index in [9.17, 15) is 0 Å². The monoisotopic (exact) mass is 274 g/mol. The fourth-order valence-electron chi connectivity index (χ4n) is 1.92. The molecule has 0 unspecified atom stereocenters. The maximum Gasteiger partial charge on any atom is 0.141 e. The van der Waals surface area contributed by atoms with Crippen LogP contribution in [0.3, 0.4) is 0 Å². The first-order valence-electron chi connectivity index (χ1n) is 5.68. The molecule has 3 aromatic rings. The van der Waals surface area contributed by atoms with Crippen LogP contribution in [0.1, 0.15) is 17.0 Å². The van der Waals surface area contributed by atoms with Gasteiger partial charge in [0.25, 0.3) is 0 Å². The minimum Gasteiger partial charge on any atom is -0.222 e. The Balaban J connectivity index is 2.02. The van der Waals surface area contributed by atoms with Gasteiger partial charge in [-0.1, -0.05) is 35.9 Å². The number of aromatic nitrogens is 2. The molecule has 0 amide bonds. The Morgan fingerprint density at radius 2 is 2.00 bits per heavy atom. The Kier molecular flexibility index (Phi) is 3.02. The van der Waals surface area contributed by atoms with Gasteiger partial charge in [-0.25, -0.2) is 9.97 Å². The summed E-state index contributed by atoms with van der Waals surface area (Å²) in [6.45, 7) is 2.10. The number of benzene rings is 1. The van der Waals surface area contributed by atoms with Gasteiger partial charge in [-0.15, -0.1) is 11.3 Å². The highest BCUT2D eigenvalue weighted by atomic mass is 35.5. The molecule has 0 atom stereocenters. The Labute approximate surface area is 114 Å². The van der Waals surface area contributed by atoms with Crippen molar-refractivity contribution in [3.05, 3.63) is 57.8 Å². The van der Waals surface area contributed by atoms with Crippen LogP contribution < -0.4 is 0 Å². The van der Waals surface area contributed by atoms with Crippen molar-refractivity contribution in [3.63, 3.8) is 0 Å². The lowest BCUT2D eigenvalue weighted by molar-refractivity contribution is 0.988. The van der Waals surface area contributed by atoms with Gasteiger partial charge < -0.3 is 0 Å². The quantitative estimate of drug-likeness (QED) is 0.653. The van der Waals surface area contributed by atoms with Crippen molar-refractivity contribution in [2.75, 3.05) is 0 Å². The minimum absolute atomic E-state index is 0.546. The lowest BCUT2D eigenvalue weighted by Gasteiger charge is -2.05. The number of hydrogen-bond acceptors (Lipinski definition) is 3. The van der Waals surface area contributed by atoms with E-state index < -0.39 is 0 Å². The van der Waals surface area contributed by atoms with Crippen molar-refractivity contribution in [1.82, 2.24) is 9.97 Å². The van der Waals surface area contributed by atoms with Crippen LogP contribution in [0.4, 0.5) is 0 Å². The molecule has 2 aromatic heterocycles.